The quantitative estimate of drug-likeness (QED) is 0.739. The van der Waals surface area contributed by atoms with Gasteiger partial charge in [-0.1, -0.05) is 6.42 Å². The van der Waals surface area contributed by atoms with E-state index in [1.54, 1.807) is 6.07 Å². The van der Waals surface area contributed by atoms with E-state index in [0.717, 1.165) is 35.1 Å². The molecule has 0 bridgehead atoms. The van der Waals surface area contributed by atoms with E-state index in [1.807, 2.05) is 12.1 Å². The Morgan fingerprint density at radius 2 is 2.26 bits per heavy atom. The van der Waals surface area contributed by atoms with Crippen LogP contribution >= 0.6 is 28.6 Å². The molecule has 104 valence electrons. The van der Waals surface area contributed by atoms with Crippen molar-refractivity contribution in [2.75, 3.05) is 6.54 Å². The lowest BCUT2D eigenvalue weighted by atomic mass is 9.87. The fourth-order valence-electron chi connectivity index (χ4n) is 2.47. The van der Waals surface area contributed by atoms with Gasteiger partial charge in [-0.15, -0.1) is 12.6 Å². The molecule has 1 aliphatic carbocycles. The van der Waals surface area contributed by atoms with Gasteiger partial charge in [-0.25, -0.2) is 0 Å². The van der Waals surface area contributed by atoms with Gasteiger partial charge in [0.05, 0.1) is 11.7 Å². The first-order chi connectivity index (χ1) is 9.06. The van der Waals surface area contributed by atoms with E-state index in [1.165, 1.54) is 0 Å². The monoisotopic (exact) mass is 343 g/mol. The number of amides is 1. The van der Waals surface area contributed by atoms with Crippen molar-refractivity contribution < 1.29 is 9.90 Å². The largest absolute Gasteiger partial charge is 0.393 e. The minimum atomic E-state index is -0.205. The number of carbonyl (C=O) groups excluding carboxylic acids is 1. The van der Waals surface area contributed by atoms with Crippen LogP contribution in [-0.2, 0) is 0 Å². The zero-order valence-electron chi connectivity index (χ0n) is 10.6. The minimum absolute atomic E-state index is 0.0946. The number of thiol groups is 1. The van der Waals surface area contributed by atoms with Gasteiger partial charge in [0.15, 0.2) is 0 Å². The number of halogens is 1. The van der Waals surface area contributed by atoms with E-state index in [-0.39, 0.29) is 12.0 Å². The van der Waals surface area contributed by atoms with E-state index >= 15 is 0 Å². The molecular formula is C14H18BrNO2S. The molecule has 0 aromatic heterocycles. The molecule has 0 saturated heterocycles. The lowest BCUT2D eigenvalue weighted by molar-refractivity contribution is 0.0873. The first-order valence-corrected chi connectivity index (χ1v) is 7.75. The molecule has 0 radical (unpaired) electrons. The summed E-state index contributed by atoms with van der Waals surface area (Å²) >= 11 is 7.62. The smallest absolute Gasteiger partial charge is 0.252 e. The van der Waals surface area contributed by atoms with Crippen LogP contribution in [0, 0.1) is 5.92 Å². The van der Waals surface area contributed by atoms with Crippen LogP contribution in [-0.4, -0.2) is 23.7 Å². The van der Waals surface area contributed by atoms with Crippen LogP contribution in [0.2, 0.25) is 0 Å². The summed E-state index contributed by atoms with van der Waals surface area (Å²) in [6.07, 6.45) is 3.58. The maximum Gasteiger partial charge on any atom is 0.252 e. The topological polar surface area (TPSA) is 49.3 Å². The molecule has 2 unspecified atom stereocenters. The summed E-state index contributed by atoms with van der Waals surface area (Å²) in [4.78, 5) is 12.9. The van der Waals surface area contributed by atoms with Crippen molar-refractivity contribution in [3.05, 3.63) is 28.2 Å². The molecule has 1 amide bonds. The Bertz CT molecular complexity index is 467. The van der Waals surface area contributed by atoms with Crippen molar-refractivity contribution in [2.24, 2.45) is 5.92 Å². The highest BCUT2D eigenvalue weighted by Gasteiger charge is 2.21. The molecule has 2 N–H and O–H groups in total. The molecule has 0 spiro atoms. The molecule has 2 atom stereocenters. The van der Waals surface area contributed by atoms with Crippen molar-refractivity contribution in [3.8, 4) is 0 Å². The number of rotatable bonds is 3. The molecule has 3 nitrogen and oxygen atoms in total. The van der Waals surface area contributed by atoms with Crippen molar-refractivity contribution in [3.63, 3.8) is 0 Å². The van der Waals surface area contributed by atoms with E-state index in [9.17, 15) is 9.90 Å². The highest BCUT2D eigenvalue weighted by atomic mass is 79.9. The van der Waals surface area contributed by atoms with Crippen LogP contribution in [0.5, 0.6) is 0 Å². The second-order valence-corrected chi connectivity index (χ2v) is 6.43. The van der Waals surface area contributed by atoms with Gasteiger partial charge >= 0.3 is 0 Å². The number of aliphatic hydroxyl groups is 1. The predicted octanol–water partition coefficient (Wildman–Crippen LogP) is 3.02. The highest BCUT2D eigenvalue weighted by molar-refractivity contribution is 9.10. The van der Waals surface area contributed by atoms with Crippen LogP contribution < -0.4 is 5.32 Å². The third-order valence-electron chi connectivity index (χ3n) is 3.50. The standard InChI is InChI=1S/C14H18BrNO2S/c15-13-5-4-11(19)7-12(13)14(18)16-8-9-2-1-3-10(17)6-9/h4-5,7,9-10,17,19H,1-3,6,8H2,(H,16,18). The Morgan fingerprint density at radius 1 is 1.47 bits per heavy atom. The Kier molecular flexibility index (Phi) is 5.30. The first-order valence-electron chi connectivity index (χ1n) is 6.51. The van der Waals surface area contributed by atoms with Gasteiger partial charge in [0.2, 0.25) is 0 Å². The summed E-state index contributed by atoms with van der Waals surface area (Å²) in [5.74, 6) is 0.286. The maximum absolute atomic E-state index is 12.1. The van der Waals surface area contributed by atoms with Crippen LogP contribution in [0.15, 0.2) is 27.6 Å². The third kappa shape index (κ3) is 4.23. The number of aliphatic hydroxyl groups excluding tert-OH is 1. The van der Waals surface area contributed by atoms with Gasteiger partial charge < -0.3 is 10.4 Å². The van der Waals surface area contributed by atoms with Gasteiger partial charge in [0.1, 0.15) is 0 Å². The highest BCUT2D eigenvalue weighted by Crippen LogP contribution is 2.24. The molecular weight excluding hydrogens is 326 g/mol. The molecule has 1 aliphatic rings. The van der Waals surface area contributed by atoms with E-state index in [2.05, 4.69) is 33.9 Å². The third-order valence-corrected chi connectivity index (χ3v) is 4.47. The number of hydrogen-bond acceptors (Lipinski definition) is 3. The Morgan fingerprint density at radius 3 is 3.00 bits per heavy atom. The lowest BCUT2D eigenvalue weighted by Gasteiger charge is -2.25. The summed E-state index contributed by atoms with van der Waals surface area (Å²) in [5, 5.41) is 12.6. The molecule has 0 heterocycles. The average Bonchev–Trinajstić information content (AvgIpc) is 2.39. The van der Waals surface area contributed by atoms with Crippen LogP contribution in [0.1, 0.15) is 36.0 Å². The molecule has 2 rings (SSSR count). The fraction of sp³-hybridized carbons (Fsp3) is 0.500. The van der Waals surface area contributed by atoms with Crippen LogP contribution in [0.3, 0.4) is 0 Å². The Hall–Kier alpha value is -0.520. The molecule has 1 fully saturated rings. The van der Waals surface area contributed by atoms with Gasteiger partial charge in [-0.2, -0.15) is 0 Å². The first kappa shape index (κ1) is 14.9. The van der Waals surface area contributed by atoms with Crippen LogP contribution in [0.4, 0.5) is 0 Å². The van der Waals surface area contributed by atoms with Crippen molar-refractivity contribution in [1.29, 1.82) is 0 Å². The maximum atomic E-state index is 12.1. The minimum Gasteiger partial charge on any atom is -0.393 e. The van der Waals surface area contributed by atoms with Gasteiger partial charge in [-0.3, -0.25) is 4.79 Å². The van der Waals surface area contributed by atoms with Crippen molar-refractivity contribution in [1.82, 2.24) is 5.32 Å². The average molecular weight is 344 g/mol. The molecule has 5 heteroatoms. The number of nitrogens with one attached hydrogen (secondary N) is 1. The van der Waals surface area contributed by atoms with E-state index in [0.29, 0.717) is 18.0 Å². The summed E-state index contributed by atoms with van der Waals surface area (Å²) in [7, 11) is 0. The van der Waals surface area contributed by atoms with Gasteiger partial charge in [0, 0.05) is 15.9 Å². The van der Waals surface area contributed by atoms with Gasteiger partial charge in [0.25, 0.3) is 5.91 Å². The summed E-state index contributed by atoms with van der Waals surface area (Å²) in [6, 6.07) is 5.40. The Labute approximate surface area is 127 Å². The summed E-state index contributed by atoms with van der Waals surface area (Å²) in [6.45, 7) is 0.624. The zero-order valence-corrected chi connectivity index (χ0v) is 13.1. The summed E-state index contributed by atoms with van der Waals surface area (Å²) < 4.78 is 0.770. The zero-order chi connectivity index (χ0) is 13.8. The molecule has 1 aromatic rings. The second kappa shape index (κ2) is 6.77. The molecule has 1 saturated carbocycles. The van der Waals surface area contributed by atoms with Crippen LogP contribution in [0.25, 0.3) is 0 Å². The summed E-state index contributed by atoms with van der Waals surface area (Å²) in [5.41, 5.74) is 0.601. The normalized spacial score (nSPS) is 23.1. The molecule has 1 aromatic carbocycles. The number of benzene rings is 1. The SMILES string of the molecule is O=C(NCC1CCCC(O)C1)c1cc(S)ccc1Br. The van der Waals surface area contributed by atoms with Crippen molar-refractivity contribution in [2.45, 2.75) is 36.7 Å². The predicted molar refractivity (Wildman–Crippen MR) is 81.7 cm³/mol. The van der Waals surface area contributed by atoms with Gasteiger partial charge in [-0.05, 0) is 59.3 Å². The fourth-order valence-corrected chi connectivity index (χ4v) is 3.10. The number of hydrogen-bond donors (Lipinski definition) is 3. The second-order valence-electron chi connectivity index (χ2n) is 5.06. The van der Waals surface area contributed by atoms with Crippen molar-refractivity contribution >= 4 is 34.5 Å². The van der Waals surface area contributed by atoms with E-state index < -0.39 is 0 Å². The molecule has 0 aliphatic heterocycles. The Balaban J connectivity index is 1.92. The molecule has 19 heavy (non-hydrogen) atoms. The lowest BCUT2D eigenvalue weighted by Crippen LogP contribution is -2.33. The van der Waals surface area contributed by atoms with E-state index in [4.69, 9.17) is 0 Å². The number of carbonyl (C=O) groups is 1.